The molecule has 4 amide bonds. The van der Waals surface area contributed by atoms with Crippen LogP contribution in [0.1, 0.15) is 94.7 Å². The second-order valence-electron chi connectivity index (χ2n) is 13.8. The van der Waals surface area contributed by atoms with E-state index in [1.807, 2.05) is 76.4 Å². The number of nitrogens with one attached hydrogen (secondary N) is 4. The number of imidazole rings is 2. The Hall–Kier alpha value is -5.84. The Morgan fingerprint density at radius 2 is 1.57 bits per heavy atom. The van der Waals surface area contributed by atoms with E-state index in [1.54, 1.807) is 9.80 Å². The highest BCUT2D eigenvalue weighted by Gasteiger charge is 2.36. The topological polar surface area (TPSA) is 175 Å². The van der Waals surface area contributed by atoms with E-state index in [4.69, 9.17) is 4.98 Å². The van der Waals surface area contributed by atoms with Crippen molar-refractivity contribution in [2.45, 2.75) is 84.0 Å². The van der Waals surface area contributed by atoms with Crippen LogP contribution in [0.4, 0.5) is 9.59 Å². The fourth-order valence-electron chi connectivity index (χ4n) is 6.47. The van der Waals surface area contributed by atoms with Gasteiger partial charge in [0.1, 0.15) is 17.7 Å². The number of alkyl carbamates (subject to hydrolysis) is 2. The number of benzene rings is 2. The van der Waals surface area contributed by atoms with Crippen LogP contribution >= 0.6 is 0 Å². The minimum Gasteiger partial charge on any atom is -0.453 e. The van der Waals surface area contributed by atoms with Gasteiger partial charge < -0.3 is 39.9 Å². The lowest BCUT2D eigenvalue weighted by molar-refractivity contribution is -0.134. The number of hydrogen-bond acceptors (Lipinski definition) is 8. The van der Waals surface area contributed by atoms with Gasteiger partial charge >= 0.3 is 12.2 Å². The number of carbonyl (C=O) groups excluding carboxylic acids is 4. The molecule has 2 saturated heterocycles. The first kappa shape index (κ1) is 39.4. The molecule has 0 bridgehead atoms. The zero-order valence-corrected chi connectivity index (χ0v) is 31.8. The molecule has 2 aromatic carbocycles. The fraction of sp³-hybridized carbons (Fsp3) is 0.450. The first-order valence-corrected chi connectivity index (χ1v) is 18.4. The zero-order valence-electron chi connectivity index (χ0n) is 31.8. The lowest BCUT2D eigenvalue weighted by Gasteiger charge is -2.27. The molecule has 14 nitrogen and oxygen atoms in total. The molecule has 0 spiro atoms. The maximum Gasteiger partial charge on any atom is 0.407 e. The second-order valence-corrected chi connectivity index (χ2v) is 13.8. The minimum absolute atomic E-state index is 0.0121. The third kappa shape index (κ3) is 9.57. The van der Waals surface area contributed by atoms with Gasteiger partial charge in [0.15, 0.2) is 0 Å². The molecule has 4 unspecified atom stereocenters. The van der Waals surface area contributed by atoms with Gasteiger partial charge in [-0.25, -0.2) is 19.6 Å². The molecule has 2 aliphatic heterocycles. The fourth-order valence-corrected chi connectivity index (χ4v) is 6.47. The number of aromatic amines is 2. The Morgan fingerprint density at radius 3 is 2.26 bits per heavy atom. The van der Waals surface area contributed by atoms with Crippen LogP contribution in [-0.2, 0) is 19.1 Å². The molecule has 0 saturated carbocycles. The average Bonchev–Trinajstić information content (AvgIpc) is 4.02. The number of fused-ring (bicyclic) bond motifs is 1. The monoisotopic (exact) mass is 738 g/mol. The Morgan fingerprint density at radius 1 is 0.907 bits per heavy atom. The van der Waals surface area contributed by atoms with E-state index in [0.29, 0.717) is 18.9 Å². The van der Waals surface area contributed by atoms with E-state index < -0.39 is 12.1 Å². The van der Waals surface area contributed by atoms with Crippen LogP contribution in [0.15, 0.2) is 48.7 Å². The van der Waals surface area contributed by atoms with E-state index in [-0.39, 0.29) is 30.1 Å². The van der Waals surface area contributed by atoms with Gasteiger partial charge in [-0.1, -0.05) is 44.7 Å². The molecular weight excluding hydrogens is 688 g/mol. The average molecular weight is 739 g/mol. The van der Waals surface area contributed by atoms with Crippen molar-refractivity contribution in [2.75, 3.05) is 27.3 Å². The minimum atomic E-state index is -0.647. The maximum atomic E-state index is 13.3. The molecule has 0 aliphatic carbocycles. The summed E-state index contributed by atoms with van der Waals surface area (Å²) in [5.41, 5.74) is 5.30. The standard InChI is InChI=1S/C33H35N7O4.C7H15NO2/c1-3-24(38-33(43)44-2)32(42)40-17-5-7-29(40)31-35-25-15-12-22(18-26(25)36-31)9-8-21-10-13-23(14-11-21)27-19-34-30(37-27)28-6-4-16-39(28)20-41;1-5(2)6(3)8-7(9)10-4/h10-15,18-20,24,28-29H,3-7,16-17H2,1-2H3,(H,34,37)(H,35,36)(H,38,43);5-6H,1-4H3,(H,8,9). The lowest BCUT2D eigenvalue weighted by Crippen LogP contribution is -2.48. The van der Waals surface area contributed by atoms with E-state index in [0.717, 1.165) is 83.7 Å². The summed E-state index contributed by atoms with van der Waals surface area (Å²) in [4.78, 5) is 66.6. The largest absolute Gasteiger partial charge is 0.453 e. The highest BCUT2D eigenvalue weighted by Crippen LogP contribution is 2.33. The van der Waals surface area contributed by atoms with Crippen LogP contribution in [0.5, 0.6) is 0 Å². The van der Waals surface area contributed by atoms with Gasteiger partial charge in [-0.3, -0.25) is 9.59 Å². The van der Waals surface area contributed by atoms with Crippen LogP contribution in [-0.4, -0.2) is 93.6 Å². The summed E-state index contributed by atoms with van der Waals surface area (Å²) in [7, 11) is 2.65. The molecule has 4 atom stereocenters. The molecule has 2 aliphatic rings. The number of methoxy groups -OCH3 is 2. The molecule has 0 radical (unpaired) electrons. The number of carbonyl (C=O) groups is 4. The molecule has 2 aromatic heterocycles. The van der Waals surface area contributed by atoms with Gasteiger partial charge in [-0.2, -0.15) is 0 Å². The lowest BCUT2D eigenvalue weighted by atomic mass is 10.1. The van der Waals surface area contributed by atoms with E-state index >= 15 is 0 Å². The Kier molecular flexibility index (Phi) is 13.3. The quantitative estimate of drug-likeness (QED) is 0.123. The Labute approximate surface area is 315 Å². The Bertz CT molecular complexity index is 1980. The molecule has 4 N–H and O–H groups in total. The number of aromatic nitrogens is 4. The number of likely N-dealkylation sites (tertiary alicyclic amines) is 2. The van der Waals surface area contributed by atoms with Gasteiger partial charge in [0, 0.05) is 30.3 Å². The summed E-state index contributed by atoms with van der Waals surface area (Å²) >= 11 is 0. The SMILES string of the molecule is CCC(NC(=O)OC)C(=O)N1CCCC1c1nc2ccc(C#Cc3ccc(-c4cnc(C5CCCN5C=O)[nH]4)cc3)cc2[nH]1.COC(=O)NC(C)C(C)C. The van der Waals surface area contributed by atoms with Crippen LogP contribution in [0.25, 0.3) is 22.3 Å². The zero-order chi connectivity index (χ0) is 38.8. The first-order chi connectivity index (χ1) is 26.0. The molecule has 4 aromatic rings. The highest BCUT2D eigenvalue weighted by molar-refractivity contribution is 5.86. The van der Waals surface area contributed by atoms with Crippen molar-refractivity contribution in [1.29, 1.82) is 0 Å². The van der Waals surface area contributed by atoms with Crippen LogP contribution in [0.2, 0.25) is 0 Å². The molecule has 2 fully saturated rings. The molecule has 4 heterocycles. The van der Waals surface area contributed by atoms with Crippen LogP contribution in [0, 0.1) is 17.8 Å². The number of rotatable bonds is 9. The first-order valence-electron chi connectivity index (χ1n) is 18.4. The summed E-state index contributed by atoms with van der Waals surface area (Å²) in [6.45, 7) is 9.26. The number of nitrogens with zero attached hydrogens (tertiary/aromatic N) is 4. The number of H-pyrrole nitrogens is 2. The van der Waals surface area contributed by atoms with Gasteiger partial charge in [-0.05, 0) is 80.8 Å². The van der Waals surface area contributed by atoms with Crippen molar-refractivity contribution in [1.82, 2.24) is 40.4 Å². The normalized spacial score (nSPS) is 17.5. The Balaban J connectivity index is 0.000000493. The second kappa shape index (κ2) is 18.3. The summed E-state index contributed by atoms with van der Waals surface area (Å²) in [5, 5.41) is 5.31. The smallest absolute Gasteiger partial charge is 0.407 e. The molecule has 286 valence electrons. The molecule has 54 heavy (non-hydrogen) atoms. The summed E-state index contributed by atoms with van der Waals surface area (Å²) in [5.74, 6) is 8.34. The molecule has 14 heteroatoms. The van der Waals surface area contributed by atoms with Crippen LogP contribution < -0.4 is 10.6 Å². The third-order valence-corrected chi connectivity index (χ3v) is 9.95. The third-order valence-electron chi connectivity index (χ3n) is 9.95. The van der Waals surface area contributed by atoms with Crippen molar-refractivity contribution in [3.63, 3.8) is 0 Å². The van der Waals surface area contributed by atoms with Gasteiger partial charge in [-0.15, -0.1) is 0 Å². The van der Waals surface area contributed by atoms with E-state index in [1.165, 1.54) is 14.2 Å². The number of ether oxygens (including phenoxy) is 2. The van der Waals surface area contributed by atoms with E-state index in [2.05, 4.69) is 46.9 Å². The summed E-state index contributed by atoms with van der Waals surface area (Å²) < 4.78 is 9.11. The van der Waals surface area contributed by atoms with Crippen molar-refractivity contribution >= 4 is 35.5 Å². The van der Waals surface area contributed by atoms with Crippen molar-refractivity contribution in [2.24, 2.45) is 5.92 Å². The van der Waals surface area contributed by atoms with Crippen molar-refractivity contribution in [3.05, 3.63) is 71.4 Å². The van der Waals surface area contributed by atoms with Gasteiger partial charge in [0.05, 0.1) is 49.2 Å². The summed E-state index contributed by atoms with van der Waals surface area (Å²) in [6.07, 6.45) is 5.76. The van der Waals surface area contributed by atoms with E-state index in [9.17, 15) is 19.2 Å². The number of hydrogen-bond donors (Lipinski definition) is 4. The summed E-state index contributed by atoms with van der Waals surface area (Å²) in [6, 6.07) is 13.2. The molecular formula is C40H50N8O6. The maximum absolute atomic E-state index is 13.3. The van der Waals surface area contributed by atoms with Gasteiger partial charge in [0.2, 0.25) is 12.3 Å². The number of amides is 4. The highest BCUT2D eigenvalue weighted by atomic mass is 16.5. The van der Waals surface area contributed by atoms with Crippen molar-refractivity contribution < 1.29 is 28.7 Å². The predicted octanol–water partition coefficient (Wildman–Crippen LogP) is 5.83. The van der Waals surface area contributed by atoms with Crippen LogP contribution in [0.3, 0.4) is 0 Å². The van der Waals surface area contributed by atoms with Gasteiger partial charge in [0.25, 0.3) is 0 Å². The molecule has 6 rings (SSSR count). The predicted molar refractivity (Wildman–Crippen MR) is 204 cm³/mol. The van der Waals surface area contributed by atoms with Crippen molar-refractivity contribution in [3.8, 4) is 23.1 Å².